The van der Waals surface area contributed by atoms with E-state index in [1.54, 1.807) is 37.4 Å². The summed E-state index contributed by atoms with van der Waals surface area (Å²) in [6, 6.07) is 14.0. The van der Waals surface area contributed by atoms with Crippen LogP contribution in [0.15, 0.2) is 60.9 Å². The van der Waals surface area contributed by atoms with E-state index in [4.69, 9.17) is 9.47 Å². The fraction of sp³-hybridized carbons (Fsp3) is 0.136. The van der Waals surface area contributed by atoms with Gasteiger partial charge in [0.15, 0.2) is 11.5 Å². The Balaban J connectivity index is 1.48. The van der Waals surface area contributed by atoms with Gasteiger partial charge in [-0.1, -0.05) is 6.07 Å². The lowest BCUT2D eigenvalue weighted by molar-refractivity contribution is 0.0606. The summed E-state index contributed by atoms with van der Waals surface area (Å²) in [6.45, 7) is 0.239. The molecule has 0 spiro atoms. The molecule has 0 aliphatic heterocycles. The first-order valence-electron chi connectivity index (χ1n) is 9.30. The summed E-state index contributed by atoms with van der Waals surface area (Å²) in [6.07, 6.45) is 3.81. The van der Waals surface area contributed by atoms with Crippen molar-refractivity contribution < 1.29 is 23.8 Å². The van der Waals surface area contributed by atoms with Crippen molar-refractivity contribution in [2.24, 2.45) is 0 Å². The number of nitrogens with one attached hydrogen (secondary N) is 1. The van der Waals surface area contributed by atoms with Crippen LogP contribution in [0.4, 0.5) is 5.69 Å². The fourth-order valence-electron chi connectivity index (χ4n) is 2.94. The second-order valence-corrected chi connectivity index (χ2v) is 7.55. The quantitative estimate of drug-likeness (QED) is 0.439. The molecule has 3 heterocycles. The maximum atomic E-state index is 12.5. The topological polar surface area (TPSA) is 91.2 Å². The van der Waals surface area contributed by atoms with Crippen LogP contribution in [0.2, 0.25) is 0 Å². The molecule has 3 aromatic heterocycles. The Bertz CT molecular complexity index is 1210. The molecule has 0 bridgehead atoms. The van der Waals surface area contributed by atoms with Crippen LogP contribution in [-0.2, 0) is 11.3 Å². The summed E-state index contributed by atoms with van der Waals surface area (Å²) in [5.74, 6) is 0.192. The molecule has 0 aliphatic carbocycles. The van der Waals surface area contributed by atoms with Crippen LogP contribution in [0.3, 0.4) is 0 Å². The van der Waals surface area contributed by atoms with E-state index in [0.717, 1.165) is 22.7 Å². The van der Waals surface area contributed by atoms with Crippen molar-refractivity contribution in [3.05, 3.63) is 76.4 Å². The van der Waals surface area contributed by atoms with Gasteiger partial charge in [-0.15, -0.1) is 11.3 Å². The monoisotopic (exact) mass is 437 g/mol. The van der Waals surface area contributed by atoms with Gasteiger partial charge in [0.25, 0.3) is 5.91 Å². The first-order chi connectivity index (χ1) is 15.1. The minimum atomic E-state index is -0.476. The molecule has 0 unspecified atom stereocenters. The number of nitrogens with zero attached hydrogens (tertiary/aromatic N) is 2. The number of pyridine rings is 1. The van der Waals surface area contributed by atoms with E-state index in [1.807, 2.05) is 35.0 Å². The highest BCUT2D eigenvalue weighted by Gasteiger charge is 2.15. The molecule has 4 rings (SSSR count). The van der Waals surface area contributed by atoms with Crippen LogP contribution in [0.25, 0.3) is 5.65 Å². The number of benzene rings is 1. The molecule has 1 amide bonds. The molecule has 0 aliphatic rings. The van der Waals surface area contributed by atoms with Gasteiger partial charge in [-0.2, -0.15) is 0 Å². The number of anilines is 1. The highest BCUT2D eigenvalue weighted by Crippen LogP contribution is 2.31. The van der Waals surface area contributed by atoms with E-state index in [-0.39, 0.29) is 12.5 Å². The van der Waals surface area contributed by atoms with Crippen LogP contribution in [-0.4, -0.2) is 35.5 Å². The highest BCUT2D eigenvalue weighted by atomic mass is 32.1. The Morgan fingerprint density at radius 1 is 1.06 bits per heavy atom. The number of carbonyl (C=O) groups is 2. The summed E-state index contributed by atoms with van der Waals surface area (Å²) in [5, 5.41) is 2.80. The van der Waals surface area contributed by atoms with Gasteiger partial charge in [0.1, 0.15) is 17.1 Å². The lowest BCUT2D eigenvalue weighted by atomic mass is 10.2. The molecule has 0 radical (unpaired) electrons. The zero-order chi connectivity index (χ0) is 21.8. The van der Waals surface area contributed by atoms with Crippen molar-refractivity contribution in [3.8, 4) is 11.5 Å². The van der Waals surface area contributed by atoms with Crippen LogP contribution < -0.4 is 14.8 Å². The van der Waals surface area contributed by atoms with Gasteiger partial charge in [-0.3, -0.25) is 4.79 Å². The number of ether oxygens (including phenoxy) is 3. The average molecular weight is 437 g/mol. The average Bonchev–Trinajstić information content (AvgIpc) is 3.44. The zero-order valence-electron chi connectivity index (χ0n) is 16.8. The van der Waals surface area contributed by atoms with E-state index in [0.29, 0.717) is 26.9 Å². The molecule has 4 aromatic rings. The zero-order valence-corrected chi connectivity index (χ0v) is 17.6. The fourth-order valence-corrected chi connectivity index (χ4v) is 3.76. The number of methoxy groups -OCH3 is 2. The van der Waals surface area contributed by atoms with Crippen molar-refractivity contribution in [1.29, 1.82) is 0 Å². The summed E-state index contributed by atoms with van der Waals surface area (Å²) in [4.78, 5) is 29.4. The number of hydrogen-bond donors (Lipinski definition) is 1. The number of esters is 1. The van der Waals surface area contributed by atoms with Crippen molar-refractivity contribution in [1.82, 2.24) is 9.38 Å². The van der Waals surface area contributed by atoms with Gasteiger partial charge in [0.2, 0.25) is 0 Å². The largest absolute Gasteiger partial charge is 0.493 e. The van der Waals surface area contributed by atoms with E-state index >= 15 is 0 Å². The molecular weight excluding hydrogens is 418 g/mol. The van der Waals surface area contributed by atoms with Gasteiger partial charge >= 0.3 is 5.97 Å². The predicted molar refractivity (Wildman–Crippen MR) is 116 cm³/mol. The van der Waals surface area contributed by atoms with Gasteiger partial charge < -0.3 is 23.9 Å². The molecular formula is C22H19N3O5S. The Labute approximate surface area is 182 Å². The van der Waals surface area contributed by atoms with Crippen LogP contribution >= 0.6 is 11.3 Å². The molecule has 8 nitrogen and oxygen atoms in total. The normalized spacial score (nSPS) is 10.6. The van der Waals surface area contributed by atoms with Crippen molar-refractivity contribution in [2.75, 3.05) is 19.5 Å². The number of amides is 1. The van der Waals surface area contributed by atoms with Crippen LogP contribution in [0, 0.1) is 0 Å². The Kier molecular flexibility index (Phi) is 5.85. The maximum absolute atomic E-state index is 12.5. The molecule has 31 heavy (non-hydrogen) atoms. The Morgan fingerprint density at radius 2 is 1.90 bits per heavy atom. The number of fused-ring (bicyclic) bond motifs is 1. The second-order valence-electron chi connectivity index (χ2n) is 6.46. The van der Waals surface area contributed by atoms with Crippen molar-refractivity contribution >= 4 is 34.5 Å². The third-order valence-corrected chi connectivity index (χ3v) is 5.49. The summed E-state index contributed by atoms with van der Waals surface area (Å²) >= 11 is 1.06. The highest BCUT2D eigenvalue weighted by molar-refractivity contribution is 7.16. The lowest BCUT2D eigenvalue weighted by Gasteiger charge is -2.12. The van der Waals surface area contributed by atoms with Crippen LogP contribution in [0.1, 0.15) is 25.0 Å². The van der Waals surface area contributed by atoms with Gasteiger partial charge in [0.05, 0.1) is 24.8 Å². The van der Waals surface area contributed by atoms with Gasteiger partial charge in [-0.25, -0.2) is 9.78 Å². The van der Waals surface area contributed by atoms with E-state index in [9.17, 15) is 9.59 Å². The Hall–Kier alpha value is -3.85. The number of hydrogen-bond acceptors (Lipinski definition) is 7. The molecule has 1 aromatic carbocycles. The van der Waals surface area contributed by atoms with Crippen molar-refractivity contribution in [3.63, 3.8) is 0 Å². The minimum absolute atomic E-state index is 0.239. The van der Waals surface area contributed by atoms with E-state index in [2.05, 4.69) is 15.0 Å². The minimum Gasteiger partial charge on any atom is -0.493 e. The van der Waals surface area contributed by atoms with E-state index < -0.39 is 5.97 Å². The SMILES string of the molecule is COC(=O)c1ccc(C(=O)Nc2ccc(OC)c(OCc3cn4ccccc4n3)c2)s1. The van der Waals surface area contributed by atoms with Gasteiger partial charge in [-0.05, 0) is 36.4 Å². The maximum Gasteiger partial charge on any atom is 0.348 e. The van der Waals surface area contributed by atoms with Crippen molar-refractivity contribution in [2.45, 2.75) is 6.61 Å². The summed E-state index contributed by atoms with van der Waals surface area (Å²) in [5.41, 5.74) is 2.12. The predicted octanol–water partition coefficient (Wildman–Crippen LogP) is 4.02. The van der Waals surface area contributed by atoms with E-state index in [1.165, 1.54) is 7.11 Å². The number of aromatic nitrogens is 2. The molecule has 0 saturated heterocycles. The second kappa shape index (κ2) is 8.88. The summed E-state index contributed by atoms with van der Waals surface area (Å²) < 4.78 is 17.9. The molecule has 158 valence electrons. The first kappa shape index (κ1) is 20.4. The number of imidazole rings is 1. The van der Waals surface area contributed by atoms with Gasteiger partial charge in [0, 0.05) is 24.1 Å². The molecule has 9 heteroatoms. The number of thiophene rings is 1. The lowest BCUT2D eigenvalue weighted by Crippen LogP contribution is -2.10. The summed E-state index contributed by atoms with van der Waals surface area (Å²) in [7, 11) is 2.85. The molecule has 0 atom stereocenters. The molecule has 0 saturated carbocycles. The third-order valence-electron chi connectivity index (χ3n) is 4.43. The smallest absolute Gasteiger partial charge is 0.348 e. The Morgan fingerprint density at radius 3 is 2.68 bits per heavy atom. The first-order valence-corrected chi connectivity index (χ1v) is 10.1. The van der Waals surface area contributed by atoms with Crippen LogP contribution in [0.5, 0.6) is 11.5 Å². The molecule has 1 N–H and O–H groups in total. The molecule has 0 fully saturated rings. The standard InChI is InChI=1S/C22H19N3O5S/c1-28-16-7-6-14(24-21(26)18-8-9-19(31-18)22(27)29-2)11-17(16)30-13-15-12-25-10-4-3-5-20(25)23-15/h3-12H,13H2,1-2H3,(H,24,26). The third kappa shape index (κ3) is 4.51. The number of carbonyl (C=O) groups excluding carboxylic acids is 2. The number of rotatable bonds is 7.